The maximum atomic E-state index is 11.2. The zero-order valence-corrected chi connectivity index (χ0v) is 16.0. The van der Waals surface area contributed by atoms with E-state index in [1.54, 1.807) is 6.20 Å². The van der Waals surface area contributed by atoms with Gasteiger partial charge in [0.15, 0.2) is 5.82 Å². The predicted molar refractivity (Wildman–Crippen MR) is 114 cm³/mol. The van der Waals surface area contributed by atoms with Crippen molar-refractivity contribution in [3.05, 3.63) is 71.4 Å². The first kappa shape index (κ1) is 17.9. The van der Waals surface area contributed by atoms with Gasteiger partial charge in [-0.1, -0.05) is 24.3 Å². The molecule has 0 aliphatic rings. The highest BCUT2D eigenvalue weighted by atomic mass is 16.1. The molecular weight excluding hydrogens is 348 g/mol. The number of nitrogens with two attached hydrogens (primary N) is 1. The van der Waals surface area contributed by atoms with Crippen LogP contribution in [0, 0.1) is 6.92 Å². The molecule has 0 bridgehead atoms. The molecule has 0 unspecified atom stereocenters. The van der Waals surface area contributed by atoms with Crippen LogP contribution >= 0.6 is 0 Å². The Balaban J connectivity index is 1.69. The van der Waals surface area contributed by atoms with Gasteiger partial charge in [0.2, 0.25) is 5.91 Å². The maximum absolute atomic E-state index is 11.2. The summed E-state index contributed by atoms with van der Waals surface area (Å²) in [7, 11) is 0. The second kappa shape index (κ2) is 7.27. The average molecular weight is 370 g/mol. The number of anilines is 2. The van der Waals surface area contributed by atoms with E-state index in [-0.39, 0.29) is 5.91 Å². The highest BCUT2D eigenvalue weighted by Crippen LogP contribution is 2.30. The van der Waals surface area contributed by atoms with E-state index in [2.05, 4.69) is 46.5 Å². The van der Waals surface area contributed by atoms with E-state index in [0.29, 0.717) is 5.82 Å². The minimum Gasteiger partial charge on any atom is -0.382 e. The molecule has 4 rings (SSSR count). The summed E-state index contributed by atoms with van der Waals surface area (Å²) in [6.45, 7) is 3.56. The first-order chi connectivity index (χ1) is 13.5. The quantitative estimate of drug-likeness (QED) is 0.521. The number of nitrogens with one attached hydrogen (secondary N) is 1. The van der Waals surface area contributed by atoms with E-state index < -0.39 is 0 Å². The fraction of sp³-hybridized carbons (Fsp3) is 0.174. The Morgan fingerprint density at radius 3 is 2.61 bits per heavy atom. The van der Waals surface area contributed by atoms with Gasteiger partial charge in [0.25, 0.3) is 0 Å². The fourth-order valence-electron chi connectivity index (χ4n) is 3.57. The topological polar surface area (TPSA) is 80.9 Å². The van der Waals surface area contributed by atoms with Crippen LogP contribution < -0.4 is 11.1 Å². The fourth-order valence-corrected chi connectivity index (χ4v) is 3.57. The standard InChI is InChI=1S/C23H22N4O/c1-14-3-10-19-20(13-14)27-23(24)22-21(19)17(11-12-25-22)7-4-16-5-8-18(9-6-16)26-15(2)28/h3,5-6,8-13H,4,7H2,1-2H3,(H2,24,27)(H,26,28). The van der Waals surface area contributed by atoms with E-state index in [1.807, 2.05) is 24.3 Å². The van der Waals surface area contributed by atoms with Gasteiger partial charge in [-0.15, -0.1) is 0 Å². The van der Waals surface area contributed by atoms with Gasteiger partial charge in [0, 0.05) is 29.6 Å². The van der Waals surface area contributed by atoms with E-state index in [0.717, 1.165) is 45.9 Å². The van der Waals surface area contributed by atoms with Crippen LogP contribution in [-0.2, 0) is 17.6 Å². The van der Waals surface area contributed by atoms with Crippen LogP contribution in [0.1, 0.15) is 23.6 Å². The Hall–Kier alpha value is -3.47. The zero-order chi connectivity index (χ0) is 19.7. The molecule has 0 saturated heterocycles. The van der Waals surface area contributed by atoms with Gasteiger partial charge in [-0.3, -0.25) is 9.78 Å². The summed E-state index contributed by atoms with van der Waals surface area (Å²) in [5.74, 6) is 0.402. The molecular formula is C23H22N4O. The molecule has 140 valence electrons. The normalized spacial score (nSPS) is 11.1. The maximum Gasteiger partial charge on any atom is 0.221 e. The molecule has 0 fully saturated rings. The Kier molecular flexibility index (Phi) is 4.65. The second-order valence-corrected chi connectivity index (χ2v) is 7.09. The number of rotatable bonds is 4. The molecule has 0 spiro atoms. The summed E-state index contributed by atoms with van der Waals surface area (Å²) >= 11 is 0. The number of hydrogen-bond donors (Lipinski definition) is 2. The molecule has 0 saturated carbocycles. The van der Waals surface area contributed by atoms with Crippen molar-refractivity contribution in [2.45, 2.75) is 26.7 Å². The Bertz CT molecular complexity index is 1180. The van der Waals surface area contributed by atoms with E-state index >= 15 is 0 Å². The van der Waals surface area contributed by atoms with Crippen LogP contribution in [0.25, 0.3) is 21.8 Å². The predicted octanol–water partition coefficient (Wildman–Crippen LogP) is 4.42. The molecule has 0 atom stereocenters. The van der Waals surface area contributed by atoms with Crippen molar-refractivity contribution in [2.75, 3.05) is 11.1 Å². The lowest BCUT2D eigenvalue weighted by Gasteiger charge is -2.11. The third kappa shape index (κ3) is 3.51. The van der Waals surface area contributed by atoms with Crippen LogP contribution in [0.2, 0.25) is 0 Å². The van der Waals surface area contributed by atoms with Crippen molar-refractivity contribution in [2.24, 2.45) is 0 Å². The SMILES string of the molecule is CC(=O)Nc1ccc(CCc2ccnc3c(N)nc4cc(C)ccc4c23)cc1. The van der Waals surface area contributed by atoms with Crippen molar-refractivity contribution < 1.29 is 4.79 Å². The van der Waals surface area contributed by atoms with Gasteiger partial charge in [-0.25, -0.2) is 4.98 Å². The third-order valence-corrected chi connectivity index (χ3v) is 4.90. The van der Waals surface area contributed by atoms with Crippen LogP contribution in [0.4, 0.5) is 11.5 Å². The Morgan fingerprint density at radius 1 is 1.07 bits per heavy atom. The number of pyridine rings is 2. The van der Waals surface area contributed by atoms with Gasteiger partial charge in [-0.2, -0.15) is 0 Å². The summed E-state index contributed by atoms with van der Waals surface area (Å²) in [6.07, 6.45) is 3.55. The molecule has 2 aromatic heterocycles. The van der Waals surface area contributed by atoms with Crippen LogP contribution in [-0.4, -0.2) is 15.9 Å². The minimum atomic E-state index is -0.0654. The van der Waals surface area contributed by atoms with E-state index in [4.69, 9.17) is 5.73 Å². The number of carbonyl (C=O) groups is 1. The van der Waals surface area contributed by atoms with Gasteiger partial charge in [0.05, 0.1) is 5.52 Å². The van der Waals surface area contributed by atoms with Crippen molar-refractivity contribution in [1.29, 1.82) is 0 Å². The Morgan fingerprint density at radius 2 is 1.86 bits per heavy atom. The molecule has 3 N–H and O–H groups in total. The monoisotopic (exact) mass is 370 g/mol. The lowest BCUT2D eigenvalue weighted by molar-refractivity contribution is -0.114. The number of benzene rings is 2. The van der Waals surface area contributed by atoms with Crippen LogP contribution in [0.15, 0.2) is 54.7 Å². The van der Waals surface area contributed by atoms with Gasteiger partial charge >= 0.3 is 0 Å². The average Bonchev–Trinajstić information content (AvgIpc) is 2.67. The van der Waals surface area contributed by atoms with Crippen molar-refractivity contribution in [3.8, 4) is 0 Å². The smallest absolute Gasteiger partial charge is 0.221 e. The number of amides is 1. The first-order valence-corrected chi connectivity index (χ1v) is 9.31. The molecule has 2 heterocycles. The van der Waals surface area contributed by atoms with Gasteiger partial charge < -0.3 is 11.1 Å². The number of nitrogens with zero attached hydrogens (tertiary/aromatic N) is 2. The highest BCUT2D eigenvalue weighted by molar-refractivity contribution is 6.09. The molecule has 4 aromatic rings. The zero-order valence-electron chi connectivity index (χ0n) is 16.0. The Labute approximate surface area is 163 Å². The highest BCUT2D eigenvalue weighted by Gasteiger charge is 2.12. The number of aromatic nitrogens is 2. The molecule has 28 heavy (non-hydrogen) atoms. The first-order valence-electron chi connectivity index (χ1n) is 9.31. The lowest BCUT2D eigenvalue weighted by Crippen LogP contribution is -2.05. The number of aryl methyl sites for hydroxylation is 3. The summed E-state index contributed by atoms with van der Waals surface area (Å²) in [4.78, 5) is 20.2. The molecule has 5 nitrogen and oxygen atoms in total. The largest absolute Gasteiger partial charge is 0.382 e. The molecule has 2 aromatic carbocycles. The summed E-state index contributed by atoms with van der Waals surface area (Å²) < 4.78 is 0. The van der Waals surface area contributed by atoms with Crippen LogP contribution in [0.5, 0.6) is 0 Å². The van der Waals surface area contributed by atoms with Crippen molar-refractivity contribution in [3.63, 3.8) is 0 Å². The van der Waals surface area contributed by atoms with E-state index in [1.165, 1.54) is 18.1 Å². The number of fused-ring (bicyclic) bond motifs is 3. The summed E-state index contributed by atoms with van der Waals surface area (Å²) in [5, 5.41) is 4.96. The van der Waals surface area contributed by atoms with Gasteiger partial charge in [-0.05, 0) is 60.7 Å². The molecule has 0 radical (unpaired) electrons. The molecule has 1 amide bonds. The molecule has 0 aliphatic carbocycles. The number of carbonyl (C=O) groups excluding carboxylic acids is 1. The lowest BCUT2D eigenvalue weighted by atomic mass is 9.98. The number of nitrogen functional groups attached to an aromatic ring is 1. The third-order valence-electron chi connectivity index (χ3n) is 4.90. The van der Waals surface area contributed by atoms with Crippen molar-refractivity contribution in [1.82, 2.24) is 9.97 Å². The van der Waals surface area contributed by atoms with Crippen LogP contribution in [0.3, 0.4) is 0 Å². The van der Waals surface area contributed by atoms with E-state index in [9.17, 15) is 4.79 Å². The second-order valence-electron chi connectivity index (χ2n) is 7.09. The minimum absolute atomic E-state index is 0.0654. The van der Waals surface area contributed by atoms with Gasteiger partial charge in [0.1, 0.15) is 5.52 Å². The summed E-state index contributed by atoms with van der Waals surface area (Å²) in [6, 6.07) is 16.3. The van der Waals surface area contributed by atoms with Crippen molar-refractivity contribution >= 4 is 39.2 Å². The number of hydrogen-bond acceptors (Lipinski definition) is 4. The summed E-state index contributed by atoms with van der Waals surface area (Å²) in [5.41, 5.74) is 12.2. The molecule has 0 aliphatic heterocycles. The molecule has 5 heteroatoms.